The zero-order chi connectivity index (χ0) is 15.4. The van der Waals surface area contributed by atoms with E-state index in [2.05, 4.69) is 5.32 Å². The fourth-order valence-corrected chi connectivity index (χ4v) is 2.33. The van der Waals surface area contributed by atoms with Crippen LogP contribution in [0.1, 0.15) is 13.8 Å². The summed E-state index contributed by atoms with van der Waals surface area (Å²) in [6.45, 7) is 5.62. The van der Waals surface area contributed by atoms with Gasteiger partial charge in [-0.25, -0.2) is 5.32 Å². The minimum Gasteiger partial charge on any atom is -0.290 e. The number of non-ortho nitro benzene ring substituents is 1. The third kappa shape index (κ3) is 2.94. The molecule has 0 unspecified atom stereocenters. The number of hydrogen-bond acceptors (Lipinski definition) is 2. The number of nitro benzene ring substituents is 1. The molecular formula is C15H19N4O2+. The van der Waals surface area contributed by atoms with E-state index >= 15 is 0 Å². The van der Waals surface area contributed by atoms with Crippen LogP contribution in [0.2, 0.25) is 0 Å². The molecule has 0 fully saturated rings. The van der Waals surface area contributed by atoms with Crippen molar-refractivity contribution in [1.82, 2.24) is 0 Å². The van der Waals surface area contributed by atoms with Gasteiger partial charge >= 0.3 is 5.96 Å². The lowest BCUT2D eigenvalue weighted by molar-refractivity contribution is -0.521. The Morgan fingerprint density at radius 1 is 1.14 bits per heavy atom. The van der Waals surface area contributed by atoms with Crippen molar-refractivity contribution >= 4 is 28.1 Å². The van der Waals surface area contributed by atoms with E-state index < -0.39 is 0 Å². The molecule has 2 aromatic carbocycles. The number of nitro groups is 1. The highest BCUT2D eigenvalue weighted by atomic mass is 16.6. The fourth-order valence-electron chi connectivity index (χ4n) is 2.33. The van der Waals surface area contributed by atoms with Gasteiger partial charge in [-0.3, -0.25) is 20.4 Å². The zero-order valence-electron chi connectivity index (χ0n) is 12.2. The van der Waals surface area contributed by atoms with Crippen LogP contribution >= 0.6 is 0 Å². The quantitative estimate of drug-likeness (QED) is 0.297. The Kier molecular flexibility index (Phi) is 4.37. The Morgan fingerprint density at radius 3 is 2.33 bits per heavy atom. The molecule has 110 valence electrons. The lowest BCUT2D eigenvalue weighted by Crippen LogP contribution is -2.35. The fraction of sp³-hybridized carbons (Fsp3) is 0.267. The van der Waals surface area contributed by atoms with E-state index in [-0.39, 0.29) is 10.6 Å². The van der Waals surface area contributed by atoms with Crippen molar-refractivity contribution in [2.45, 2.75) is 13.8 Å². The standard InChI is InChI=1S/C15H18N4O2/c1-3-18(4-2)15(16)17-13-9-10-14(19(20)21)12-8-6-5-7-11(12)13/h5-10H,3-4H2,1-2H3,(H2,16,17)/p+1. The van der Waals surface area contributed by atoms with E-state index in [1.54, 1.807) is 18.2 Å². The predicted octanol–water partition coefficient (Wildman–Crippen LogP) is 2.53. The van der Waals surface area contributed by atoms with Gasteiger partial charge in [0.2, 0.25) is 0 Å². The average Bonchev–Trinajstić information content (AvgIpc) is 2.48. The van der Waals surface area contributed by atoms with Crippen LogP contribution in [-0.2, 0) is 0 Å². The van der Waals surface area contributed by atoms with Gasteiger partial charge in [-0.05, 0) is 26.0 Å². The van der Waals surface area contributed by atoms with Crippen molar-refractivity contribution in [2.24, 2.45) is 5.73 Å². The summed E-state index contributed by atoms with van der Waals surface area (Å²) in [7, 11) is 0. The summed E-state index contributed by atoms with van der Waals surface area (Å²) in [5, 5.41) is 15.6. The summed E-state index contributed by atoms with van der Waals surface area (Å²) in [6, 6.07) is 10.4. The number of nitrogens with zero attached hydrogens (tertiary/aromatic N) is 2. The summed E-state index contributed by atoms with van der Waals surface area (Å²) in [5.41, 5.74) is 6.92. The predicted molar refractivity (Wildman–Crippen MR) is 84.8 cm³/mol. The van der Waals surface area contributed by atoms with Crippen molar-refractivity contribution in [2.75, 3.05) is 18.4 Å². The topological polar surface area (TPSA) is 84.2 Å². The summed E-state index contributed by atoms with van der Waals surface area (Å²) < 4.78 is 1.98. The number of nitrogens with two attached hydrogens (primary N) is 1. The Labute approximate surface area is 123 Å². The maximum absolute atomic E-state index is 11.1. The molecule has 0 saturated heterocycles. The number of benzene rings is 2. The van der Waals surface area contributed by atoms with Gasteiger partial charge in [0, 0.05) is 11.5 Å². The number of fused-ring (bicyclic) bond motifs is 1. The molecule has 6 heteroatoms. The molecule has 0 aliphatic carbocycles. The molecule has 0 heterocycles. The highest BCUT2D eigenvalue weighted by Crippen LogP contribution is 2.31. The number of rotatable bonds is 4. The summed E-state index contributed by atoms with van der Waals surface area (Å²) in [5.74, 6) is 0.541. The van der Waals surface area contributed by atoms with Gasteiger partial charge in [0.05, 0.1) is 23.4 Å². The molecule has 0 aliphatic rings. The summed E-state index contributed by atoms with van der Waals surface area (Å²) >= 11 is 0. The molecule has 2 rings (SSSR count). The van der Waals surface area contributed by atoms with Gasteiger partial charge in [-0.15, -0.1) is 0 Å². The molecule has 0 spiro atoms. The first-order chi connectivity index (χ1) is 10.1. The molecule has 6 nitrogen and oxygen atoms in total. The molecule has 0 atom stereocenters. The molecule has 0 saturated carbocycles. The second kappa shape index (κ2) is 6.21. The first-order valence-electron chi connectivity index (χ1n) is 6.89. The maximum atomic E-state index is 11.1. The van der Waals surface area contributed by atoms with Crippen molar-refractivity contribution in [3.05, 3.63) is 46.5 Å². The SMILES string of the molecule is CC[N+](CC)=C(N)Nc1ccc([N+](=O)[O-])c2ccccc12. The maximum Gasteiger partial charge on any atom is 0.348 e. The largest absolute Gasteiger partial charge is 0.348 e. The van der Waals surface area contributed by atoms with Crippen LogP contribution in [0, 0.1) is 10.1 Å². The van der Waals surface area contributed by atoms with Gasteiger partial charge < -0.3 is 0 Å². The van der Waals surface area contributed by atoms with E-state index in [1.807, 2.05) is 30.6 Å². The molecular weight excluding hydrogens is 268 g/mol. The van der Waals surface area contributed by atoms with Crippen LogP contribution in [0.3, 0.4) is 0 Å². The van der Waals surface area contributed by atoms with Crippen LogP contribution < -0.4 is 11.1 Å². The second-order valence-electron chi connectivity index (χ2n) is 4.62. The van der Waals surface area contributed by atoms with Crippen molar-refractivity contribution in [3.63, 3.8) is 0 Å². The van der Waals surface area contributed by atoms with Crippen molar-refractivity contribution in [1.29, 1.82) is 0 Å². The molecule has 3 N–H and O–H groups in total. The third-order valence-electron chi connectivity index (χ3n) is 3.46. The minimum absolute atomic E-state index is 0.0950. The van der Waals surface area contributed by atoms with Crippen molar-refractivity contribution < 1.29 is 9.50 Å². The molecule has 0 aliphatic heterocycles. The Morgan fingerprint density at radius 2 is 1.76 bits per heavy atom. The molecule has 21 heavy (non-hydrogen) atoms. The van der Waals surface area contributed by atoms with Gasteiger partial charge in [0.1, 0.15) is 5.69 Å². The highest BCUT2D eigenvalue weighted by Gasteiger charge is 2.16. The van der Waals surface area contributed by atoms with E-state index in [0.717, 1.165) is 24.2 Å². The Hall–Kier alpha value is -2.63. The van der Waals surface area contributed by atoms with Gasteiger partial charge in [-0.1, -0.05) is 18.2 Å². The molecule has 0 bridgehead atoms. The molecule has 0 radical (unpaired) electrons. The van der Waals surface area contributed by atoms with Gasteiger partial charge in [-0.2, -0.15) is 0 Å². The van der Waals surface area contributed by atoms with E-state index in [4.69, 9.17) is 5.73 Å². The first kappa shape index (κ1) is 14.8. The lowest BCUT2D eigenvalue weighted by Gasteiger charge is -2.09. The van der Waals surface area contributed by atoms with Crippen LogP contribution in [-0.4, -0.2) is 28.5 Å². The van der Waals surface area contributed by atoms with Gasteiger partial charge in [0.25, 0.3) is 5.69 Å². The van der Waals surface area contributed by atoms with E-state index in [0.29, 0.717) is 11.3 Å². The van der Waals surface area contributed by atoms with Crippen molar-refractivity contribution in [3.8, 4) is 0 Å². The monoisotopic (exact) mass is 287 g/mol. The Balaban J connectivity index is 2.54. The average molecular weight is 287 g/mol. The smallest absolute Gasteiger partial charge is 0.290 e. The van der Waals surface area contributed by atoms with Crippen LogP contribution in [0.5, 0.6) is 0 Å². The van der Waals surface area contributed by atoms with Crippen LogP contribution in [0.25, 0.3) is 10.8 Å². The molecule has 0 aromatic heterocycles. The zero-order valence-corrected chi connectivity index (χ0v) is 12.2. The van der Waals surface area contributed by atoms with Crippen LogP contribution in [0.4, 0.5) is 11.4 Å². The summed E-state index contributed by atoms with van der Waals surface area (Å²) in [6.07, 6.45) is 0. The summed E-state index contributed by atoms with van der Waals surface area (Å²) in [4.78, 5) is 10.7. The normalized spacial score (nSPS) is 10.4. The molecule has 0 amide bonds. The second-order valence-corrected chi connectivity index (χ2v) is 4.62. The molecule has 2 aromatic rings. The van der Waals surface area contributed by atoms with Crippen LogP contribution in [0.15, 0.2) is 36.4 Å². The highest BCUT2D eigenvalue weighted by molar-refractivity contribution is 6.04. The van der Waals surface area contributed by atoms with E-state index in [9.17, 15) is 10.1 Å². The number of anilines is 1. The number of hydrogen-bond donors (Lipinski definition) is 2. The minimum atomic E-state index is -0.371. The van der Waals surface area contributed by atoms with Gasteiger partial charge in [0.15, 0.2) is 0 Å². The third-order valence-corrected chi connectivity index (χ3v) is 3.46. The van der Waals surface area contributed by atoms with E-state index in [1.165, 1.54) is 6.07 Å². The number of nitrogens with one attached hydrogen (secondary N) is 1. The lowest BCUT2D eigenvalue weighted by atomic mass is 10.1. The number of guanidine groups is 1. The Bertz CT molecular complexity index is 704. The first-order valence-corrected chi connectivity index (χ1v) is 6.89.